The summed E-state index contributed by atoms with van der Waals surface area (Å²) in [5, 5.41) is 17.3. The Morgan fingerprint density at radius 3 is 2.42 bits per heavy atom. The van der Waals surface area contributed by atoms with E-state index < -0.39 is 5.97 Å². The first-order valence-corrected chi connectivity index (χ1v) is 5.80. The van der Waals surface area contributed by atoms with Gasteiger partial charge in [-0.3, -0.25) is 0 Å². The van der Waals surface area contributed by atoms with Crippen LogP contribution in [0.15, 0.2) is 54.6 Å². The first kappa shape index (κ1) is 11.3. The van der Waals surface area contributed by atoms with E-state index in [2.05, 4.69) is 10.2 Å². The number of carbonyl (C=O) groups is 1. The molecular formula is C15H10N2O2. The monoisotopic (exact) mass is 250 g/mol. The number of fused-ring (bicyclic) bond motifs is 1. The molecule has 0 aliphatic heterocycles. The average Bonchev–Trinajstić information content (AvgIpc) is 2.47. The summed E-state index contributed by atoms with van der Waals surface area (Å²) in [5.74, 6) is -1.07. The molecular weight excluding hydrogens is 240 g/mol. The number of aromatic carboxylic acids is 1. The van der Waals surface area contributed by atoms with Gasteiger partial charge < -0.3 is 5.11 Å². The highest BCUT2D eigenvalue weighted by Gasteiger charge is 2.07. The third-order valence-corrected chi connectivity index (χ3v) is 2.91. The van der Waals surface area contributed by atoms with Crippen LogP contribution in [0.2, 0.25) is 0 Å². The Morgan fingerprint density at radius 1 is 0.895 bits per heavy atom. The second-order valence-corrected chi connectivity index (χ2v) is 4.17. The second kappa shape index (κ2) is 4.49. The minimum Gasteiger partial charge on any atom is -0.476 e. The lowest BCUT2D eigenvalue weighted by Crippen LogP contribution is -2.01. The molecule has 92 valence electrons. The highest BCUT2D eigenvalue weighted by atomic mass is 16.4. The van der Waals surface area contributed by atoms with Crippen LogP contribution < -0.4 is 0 Å². The maximum Gasteiger partial charge on any atom is 0.356 e. The van der Waals surface area contributed by atoms with Crippen LogP contribution in [0.3, 0.4) is 0 Å². The predicted octanol–water partition coefficient (Wildman–Crippen LogP) is 3.00. The Labute approximate surface area is 109 Å². The molecule has 4 heteroatoms. The van der Waals surface area contributed by atoms with Crippen molar-refractivity contribution in [3.05, 3.63) is 60.3 Å². The van der Waals surface area contributed by atoms with Crippen LogP contribution in [0.1, 0.15) is 10.5 Å². The summed E-state index contributed by atoms with van der Waals surface area (Å²) >= 11 is 0. The largest absolute Gasteiger partial charge is 0.476 e. The fraction of sp³-hybridized carbons (Fsp3) is 0. The SMILES string of the molecule is O=C(O)c1cc2cc(-c3ccccc3)ccc2nn1. The maximum atomic E-state index is 10.9. The van der Waals surface area contributed by atoms with Crippen molar-refractivity contribution < 1.29 is 9.90 Å². The van der Waals surface area contributed by atoms with E-state index in [1.54, 1.807) is 0 Å². The van der Waals surface area contributed by atoms with Crippen molar-refractivity contribution >= 4 is 16.9 Å². The van der Waals surface area contributed by atoms with Gasteiger partial charge in [-0.15, -0.1) is 10.2 Å². The summed E-state index contributed by atoms with van der Waals surface area (Å²) in [6, 6.07) is 17.2. The van der Waals surface area contributed by atoms with Gasteiger partial charge in [0.15, 0.2) is 5.69 Å². The minimum absolute atomic E-state index is 0.0438. The number of carboxylic acids is 1. The van der Waals surface area contributed by atoms with Crippen molar-refractivity contribution in [2.75, 3.05) is 0 Å². The Balaban J connectivity index is 2.16. The number of aromatic nitrogens is 2. The predicted molar refractivity (Wildman–Crippen MR) is 71.9 cm³/mol. The third kappa shape index (κ3) is 2.15. The molecule has 0 atom stereocenters. The molecule has 0 unspecified atom stereocenters. The summed E-state index contributed by atoms with van der Waals surface area (Å²) in [4.78, 5) is 10.9. The molecule has 1 heterocycles. The quantitative estimate of drug-likeness (QED) is 0.759. The molecule has 2 aromatic carbocycles. The summed E-state index contributed by atoms with van der Waals surface area (Å²) in [5.41, 5.74) is 2.75. The molecule has 1 aromatic heterocycles. The molecule has 0 fully saturated rings. The molecule has 1 N–H and O–H groups in total. The van der Waals surface area contributed by atoms with Crippen molar-refractivity contribution in [3.8, 4) is 11.1 Å². The Bertz CT molecular complexity index is 754. The van der Waals surface area contributed by atoms with Crippen LogP contribution in [-0.4, -0.2) is 21.3 Å². The highest BCUT2D eigenvalue weighted by Crippen LogP contribution is 2.23. The van der Waals surface area contributed by atoms with Crippen LogP contribution in [-0.2, 0) is 0 Å². The zero-order chi connectivity index (χ0) is 13.2. The highest BCUT2D eigenvalue weighted by molar-refractivity contribution is 5.91. The van der Waals surface area contributed by atoms with Gasteiger partial charge >= 0.3 is 5.97 Å². The molecule has 0 bridgehead atoms. The van der Waals surface area contributed by atoms with Gasteiger partial charge in [-0.2, -0.15) is 0 Å². The minimum atomic E-state index is -1.07. The van der Waals surface area contributed by atoms with E-state index in [0.29, 0.717) is 5.52 Å². The first-order chi connectivity index (χ1) is 9.24. The van der Waals surface area contributed by atoms with Crippen molar-refractivity contribution in [1.82, 2.24) is 10.2 Å². The summed E-state index contributed by atoms with van der Waals surface area (Å²) in [6.45, 7) is 0. The third-order valence-electron chi connectivity index (χ3n) is 2.91. The van der Waals surface area contributed by atoms with Gasteiger partial charge in [0.05, 0.1) is 5.52 Å². The van der Waals surface area contributed by atoms with Crippen LogP contribution in [0, 0.1) is 0 Å². The fourth-order valence-corrected chi connectivity index (χ4v) is 1.96. The molecule has 19 heavy (non-hydrogen) atoms. The Kier molecular flexibility index (Phi) is 2.68. The number of benzene rings is 2. The fourth-order valence-electron chi connectivity index (χ4n) is 1.96. The zero-order valence-corrected chi connectivity index (χ0v) is 9.95. The number of hydrogen-bond donors (Lipinski definition) is 1. The zero-order valence-electron chi connectivity index (χ0n) is 9.95. The number of hydrogen-bond acceptors (Lipinski definition) is 3. The van der Waals surface area contributed by atoms with E-state index in [9.17, 15) is 4.79 Å². The van der Waals surface area contributed by atoms with Crippen LogP contribution >= 0.6 is 0 Å². The molecule has 4 nitrogen and oxygen atoms in total. The van der Waals surface area contributed by atoms with Crippen molar-refractivity contribution in [3.63, 3.8) is 0 Å². The van der Waals surface area contributed by atoms with Crippen LogP contribution in [0.25, 0.3) is 22.0 Å². The molecule has 0 aliphatic carbocycles. The van der Waals surface area contributed by atoms with Gasteiger partial charge in [-0.25, -0.2) is 4.79 Å². The standard InChI is InChI=1S/C15H10N2O2/c18-15(19)14-9-12-8-11(6-7-13(12)16-17-14)10-4-2-1-3-5-10/h1-9H,(H,18,19). The summed E-state index contributed by atoms with van der Waals surface area (Å²) in [7, 11) is 0. The maximum absolute atomic E-state index is 10.9. The molecule has 0 amide bonds. The second-order valence-electron chi connectivity index (χ2n) is 4.17. The topological polar surface area (TPSA) is 63.1 Å². The van der Waals surface area contributed by atoms with E-state index in [0.717, 1.165) is 16.5 Å². The van der Waals surface area contributed by atoms with Crippen molar-refractivity contribution in [2.24, 2.45) is 0 Å². The van der Waals surface area contributed by atoms with Gasteiger partial charge in [0.1, 0.15) is 0 Å². The lowest BCUT2D eigenvalue weighted by molar-refractivity contribution is 0.0689. The smallest absolute Gasteiger partial charge is 0.356 e. The number of rotatable bonds is 2. The molecule has 3 rings (SSSR count). The molecule has 3 aromatic rings. The van der Waals surface area contributed by atoms with E-state index >= 15 is 0 Å². The van der Waals surface area contributed by atoms with Crippen molar-refractivity contribution in [2.45, 2.75) is 0 Å². The summed E-state index contributed by atoms with van der Waals surface area (Å²) in [6.07, 6.45) is 0. The van der Waals surface area contributed by atoms with Crippen molar-refractivity contribution in [1.29, 1.82) is 0 Å². The van der Waals surface area contributed by atoms with E-state index in [1.807, 2.05) is 48.5 Å². The van der Waals surface area contributed by atoms with Gasteiger partial charge in [0, 0.05) is 5.39 Å². The van der Waals surface area contributed by atoms with Gasteiger partial charge in [0.25, 0.3) is 0 Å². The molecule has 0 spiro atoms. The lowest BCUT2D eigenvalue weighted by Gasteiger charge is -2.03. The Morgan fingerprint density at radius 2 is 1.68 bits per heavy atom. The normalized spacial score (nSPS) is 10.5. The van der Waals surface area contributed by atoms with E-state index in [-0.39, 0.29) is 5.69 Å². The number of nitrogens with zero attached hydrogens (tertiary/aromatic N) is 2. The lowest BCUT2D eigenvalue weighted by atomic mass is 10.0. The van der Waals surface area contributed by atoms with E-state index in [4.69, 9.17) is 5.11 Å². The molecule has 0 aliphatic rings. The van der Waals surface area contributed by atoms with E-state index in [1.165, 1.54) is 6.07 Å². The van der Waals surface area contributed by atoms with Crippen LogP contribution in [0.5, 0.6) is 0 Å². The molecule has 0 saturated carbocycles. The number of carboxylic acid groups (broad SMARTS) is 1. The Hall–Kier alpha value is -2.75. The first-order valence-electron chi connectivity index (χ1n) is 5.80. The van der Waals surface area contributed by atoms with Crippen LogP contribution in [0.4, 0.5) is 0 Å². The summed E-state index contributed by atoms with van der Waals surface area (Å²) < 4.78 is 0. The average molecular weight is 250 g/mol. The van der Waals surface area contributed by atoms with Gasteiger partial charge in [0.2, 0.25) is 0 Å². The van der Waals surface area contributed by atoms with Gasteiger partial charge in [-0.05, 0) is 29.3 Å². The molecule has 0 radical (unpaired) electrons. The van der Waals surface area contributed by atoms with Gasteiger partial charge in [-0.1, -0.05) is 36.4 Å². The molecule has 0 saturated heterocycles.